The van der Waals surface area contributed by atoms with E-state index in [1.165, 1.54) is 0 Å². The molecule has 0 bridgehead atoms. The highest BCUT2D eigenvalue weighted by atomic mass is 16.7. The molecule has 0 aliphatic carbocycles. The monoisotopic (exact) mass is 472 g/mol. The number of ether oxygens (including phenoxy) is 4. The van der Waals surface area contributed by atoms with Crippen LogP contribution in [0.4, 0.5) is 4.79 Å². The van der Waals surface area contributed by atoms with Crippen molar-refractivity contribution in [2.24, 2.45) is 5.10 Å². The Bertz CT molecular complexity index is 1320. The Morgan fingerprint density at radius 3 is 2.23 bits per heavy atom. The minimum atomic E-state index is -1.97. The lowest BCUT2D eigenvalue weighted by Crippen LogP contribution is -2.50. The number of aryl methyl sites for hydroxylation is 2. The van der Waals surface area contributed by atoms with Gasteiger partial charge in [-0.3, -0.25) is 0 Å². The van der Waals surface area contributed by atoms with Crippen LogP contribution in [0.25, 0.3) is 0 Å². The zero-order valence-electron chi connectivity index (χ0n) is 19.6. The molecule has 0 saturated carbocycles. The molecule has 3 aromatic rings. The quantitative estimate of drug-likeness (QED) is 0.399. The van der Waals surface area contributed by atoms with Gasteiger partial charge in [0.2, 0.25) is 0 Å². The van der Waals surface area contributed by atoms with Crippen LogP contribution in [0, 0.1) is 20.8 Å². The van der Waals surface area contributed by atoms with E-state index in [-0.39, 0.29) is 19.3 Å². The van der Waals surface area contributed by atoms with E-state index in [9.17, 15) is 9.59 Å². The van der Waals surface area contributed by atoms with Gasteiger partial charge in [-0.05, 0) is 48.6 Å². The van der Waals surface area contributed by atoms with E-state index in [0.29, 0.717) is 16.9 Å². The number of carbonyl (C=O) groups excluding carboxylic acids is 2. The summed E-state index contributed by atoms with van der Waals surface area (Å²) in [7, 11) is 0. The normalized spacial score (nSPS) is 18.1. The molecule has 0 N–H and O–H groups in total. The van der Waals surface area contributed by atoms with E-state index in [1.807, 2.05) is 87.5 Å². The summed E-state index contributed by atoms with van der Waals surface area (Å²) in [5.74, 6) is -0.434. The maximum absolute atomic E-state index is 13.4. The van der Waals surface area contributed by atoms with Crippen LogP contribution in [0.1, 0.15) is 33.4 Å². The summed E-state index contributed by atoms with van der Waals surface area (Å²) in [6.07, 6.45) is -1.09. The molecule has 0 saturated heterocycles. The summed E-state index contributed by atoms with van der Waals surface area (Å²) in [5.41, 5.74) is 2.53. The molecule has 0 radical (unpaired) electrons. The molecule has 8 heteroatoms. The van der Waals surface area contributed by atoms with E-state index in [1.54, 1.807) is 0 Å². The largest absolute Gasteiger partial charge is 0.444 e. The molecule has 2 aliphatic rings. The molecular formula is C27H24N2O6. The molecule has 0 aromatic heterocycles. The summed E-state index contributed by atoms with van der Waals surface area (Å²) in [4.78, 5) is 26.6. The number of carbonyl (C=O) groups is 2. The van der Waals surface area contributed by atoms with Crippen LogP contribution < -0.4 is 4.74 Å². The number of benzene rings is 3. The summed E-state index contributed by atoms with van der Waals surface area (Å²) in [6, 6.07) is 20.5. The molecule has 1 atom stereocenters. The zero-order chi connectivity index (χ0) is 24.6. The molecule has 5 rings (SSSR count). The maximum atomic E-state index is 13.4. The van der Waals surface area contributed by atoms with E-state index in [4.69, 9.17) is 18.9 Å². The summed E-state index contributed by atoms with van der Waals surface area (Å²) in [6.45, 7) is 5.73. The molecule has 1 amide bonds. The highest BCUT2D eigenvalue weighted by molar-refractivity contribution is 5.96. The molecule has 2 aliphatic heterocycles. The summed E-state index contributed by atoms with van der Waals surface area (Å²) in [5, 5.41) is 5.10. The Kier molecular flexibility index (Phi) is 5.64. The lowest BCUT2D eigenvalue weighted by Gasteiger charge is -2.27. The van der Waals surface area contributed by atoms with Crippen molar-refractivity contribution in [2.45, 2.75) is 39.7 Å². The van der Waals surface area contributed by atoms with E-state index in [0.717, 1.165) is 27.3 Å². The molecule has 178 valence electrons. The van der Waals surface area contributed by atoms with Crippen LogP contribution in [0.3, 0.4) is 0 Å². The van der Waals surface area contributed by atoms with Gasteiger partial charge in [0, 0.05) is 0 Å². The molecule has 2 heterocycles. The molecule has 1 spiro atoms. The second-order valence-electron chi connectivity index (χ2n) is 8.47. The third kappa shape index (κ3) is 3.86. The van der Waals surface area contributed by atoms with Gasteiger partial charge in [0.15, 0.2) is 0 Å². The van der Waals surface area contributed by atoms with Crippen molar-refractivity contribution in [3.8, 4) is 5.75 Å². The first-order valence-electron chi connectivity index (χ1n) is 11.2. The molecule has 0 fully saturated rings. The lowest BCUT2D eigenvalue weighted by molar-refractivity contribution is -0.164. The highest BCUT2D eigenvalue weighted by Crippen LogP contribution is 2.50. The third-order valence-corrected chi connectivity index (χ3v) is 6.09. The first-order chi connectivity index (χ1) is 16.9. The number of rotatable bonds is 4. The highest BCUT2D eigenvalue weighted by Gasteiger charge is 2.65. The fraction of sp³-hybridized carbons (Fsp3) is 0.222. The minimum absolute atomic E-state index is 0.00417. The Labute approximate surface area is 202 Å². The van der Waals surface area contributed by atoms with Gasteiger partial charge in [-0.1, -0.05) is 71.8 Å². The van der Waals surface area contributed by atoms with Gasteiger partial charge in [0.05, 0.1) is 5.56 Å². The number of hydrogen-bond donors (Lipinski definition) is 0. The van der Waals surface area contributed by atoms with Crippen molar-refractivity contribution in [2.75, 3.05) is 0 Å². The average Bonchev–Trinajstić information content (AvgIpc) is 3.40. The van der Waals surface area contributed by atoms with Crippen LogP contribution in [-0.2, 0) is 37.9 Å². The van der Waals surface area contributed by atoms with Crippen molar-refractivity contribution < 1.29 is 28.5 Å². The van der Waals surface area contributed by atoms with Crippen molar-refractivity contribution in [1.82, 2.24) is 5.01 Å². The second-order valence-corrected chi connectivity index (χ2v) is 8.47. The average molecular weight is 472 g/mol. The number of amides is 1. The standard InChI is InChI=1S/C27H24N2O6/c1-17-14-18(2)22-23(19(17)3)34-24(30)27(22)29(26(31)33-16-21-12-8-5-9-13-21)28-25(35-27)32-15-20-10-6-4-7-11-20/h4-14H,15-16H2,1-3H3. The summed E-state index contributed by atoms with van der Waals surface area (Å²) < 4.78 is 22.9. The van der Waals surface area contributed by atoms with Gasteiger partial charge in [0.1, 0.15) is 19.0 Å². The van der Waals surface area contributed by atoms with Crippen LogP contribution >= 0.6 is 0 Å². The Hall–Kier alpha value is -4.33. The van der Waals surface area contributed by atoms with E-state index in [2.05, 4.69) is 5.10 Å². The van der Waals surface area contributed by atoms with Crippen LogP contribution in [0.15, 0.2) is 71.8 Å². The van der Waals surface area contributed by atoms with Crippen molar-refractivity contribution in [3.05, 3.63) is 100 Å². The van der Waals surface area contributed by atoms with E-state index < -0.39 is 17.8 Å². The van der Waals surface area contributed by atoms with Crippen molar-refractivity contribution in [3.63, 3.8) is 0 Å². The molecular weight excluding hydrogens is 448 g/mol. The van der Waals surface area contributed by atoms with Gasteiger partial charge >= 0.3 is 23.9 Å². The fourth-order valence-electron chi connectivity index (χ4n) is 4.22. The van der Waals surface area contributed by atoms with Gasteiger partial charge in [-0.15, -0.1) is 5.01 Å². The van der Waals surface area contributed by atoms with Gasteiger partial charge in [-0.2, -0.15) is 0 Å². The number of nitrogens with zero attached hydrogens (tertiary/aromatic N) is 2. The van der Waals surface area contributed by atoms with Gasteiger partial charge in [-0.25, -0.2) is 9.59 Å². The van der Waals surface area contributed by atoms with E-state index >= 15 is 0 Å². The smallest absolute Gasteiger partial charge is 0.435 e. The predicted molar refractivity (Wildman–Crippen MR) is 126 cm³/mol. The van der Waals surface area contributed by atoms with Gasteiger partial charge in [0.25, 0.3) is 0 Å². The fourth-order valence-corrected chi connectivity index (χ4v) is 4.22. The van der Waals surface area contributed by atoms with Crippen LogP contribution in [0.2, 0.25) is 0 Å². The minimum Gasteiger partial charge on any atom is -0.444 e. The van der Waals surface area contributed by atoms with Gasteiger partial charge < -0.3 is 18.9 Å². The number of esters is 1. The second kappa shape index (κ2) is 8.79. The number of fused-ring (bicyclic) bond motifs is 2. The van der Waals surface area contributed by atoms with Crippen molar-refractivity contribution in [1.29, 1.82) is 0 Å². The van der Waals surface area contributed by atoms with Crippen LogP contribution in [-0.4, -0.2) is 23.2 Å². The molecule has 1 unspecified atom stereocenters. The predicted octanol–water partition coefficient (Wildman–Crippen LogP) is 4.84. The third-order valence-electron chi connectivity index (χ3n) is 6.09. The summed E-state index contributed by atoms with van der Waals surface area (Å²) >= 11 is 0. The zero-order valence-corrected chi connectivity index (χ0v) is 19.6. The van der Waals surface area contributed by atoms with Crippen LogP contribution in [0.5, 0.6) is 5.75 Å². The SMILES string of the molecule is Cc1cc(C)c2c(c1C)OC(=O)C21OC(OCc2ccccc2)=NN1C(=O)OCc1ccccc1. The Morgan fingerprint density at radius 1 is 0.943 bits per heavy atom. The number of hydrogen-bond acceptors (Lipinski definition) is 7. The first kappa shape index (κ1) is 22.5. The topological polar surface area (TPSA) is 86.7 Å². The Balaban J connectivity index is 1.50. The number of hydrazone groups is 1. The molecule has 3 aromatic carbocycles. The van der Waals surface area contributed by atoms with Crippen molar-refractivity contribution >= 4 is 18.1 Å². The maximum Gasteiger partial charge on any atom is 0.435 e. The Morgan fingerprint density at radius 2 is 1.57 bits per heavy atom. The lowest BCUT2D eigenvalue weighted by atomic mass is 9.93. The first-order valence-corrected chi connectivity index (χ1v) is 11.2. The molecule has 35 heavy (non-hydrogen) atoms. The molecule has 8 nitrogen and oxygen atoms in total.